The maximum Gasteiger partial charge on any atom is 0.236 e. The number of thiazole rings is 1. The second-order valence-electron chi connectivity index (χ2n) is 6.82. The SMILES string of the molecule is CCCn1c(SCC(=O)Nc2nc3ccccc3s2)nnc1-c1csc(C)c1CC. The molecule has 156 valence electrons. The number of anilines is 1. The zero-order valence-electron chi connectivity index (χ0n) is 17.1. The van der Waals surface area contributed by atoms with Crippen molar-refractivity contribution in [2.24, 2.45) is 0 Å². The molecular formula is C21H23N5OS3. The summed E-state index contributed by atoms with van der Waals surface area (Å²) in [5.74, 6) is 1.07. The molecule has 9 heteroatoms. The summed E-state index contributed by atoms with van der Waals surface area (Å²) in [6, 6.07) is 7.87. The average Bonchev–Trinajstić information content (AvgIpc) is 3.42. The molecule has 0 aliphatic carbocycles. The molecule has 0 saturated carbocycles. The molecule has 0 aliphatic rings. The molecular weight excluding hydrogens is 434 g/mol. The predicted octanol–water partition coefficient (Wildman–Crippen LogP) is 5.63. The molecule has 0 radical (unpaired) electrons. The van der Waals surface area contributed by atoms with Gasteiger partial charge in [-0.3, -0.25) is 4.79 Å². The van der Waals surface area contributed by atoms with E-state index in [1.165, 1.54) is 33.5 Å². The minimum atomic E-state index is -0.0905. The van der Waals surface area contributed by atoms with Gasteiger partial charge >= 0.3 is 0 Å². The predicted molar refractivity (Wildman–Crippen MR) is 127 cm³/mol. The number of carbonyl (C=O) groups is 1. The Morgan fingerprint density at radius 3 is 2.83 bits per heavy atom. The molecule has 4 rings (SSSR count). The van der Waals surface area contributed by atoms with Gasteiger partial charge < -0.3 is 9.88 Å². The summed E-state index contributed by atoms with van der Waals surface area (Å²) in [5, 5.41) is 15.3. The number of nitrogens with one attached hydrogen (secondary N) is 1. The molecule has 0 unspecified atom stereocenters. The van der Waals surface area contributed by atoms with E-state index in [4.69, 9.17) is 0 Å². The summed E-state index contributed by atoms with van der Waals surface area (Å²) < 4.78 is 3.20. The van der Waals surface area contributed by atoms with Crippen molar-refractivity contribution in [3.8, 4) is 11.4 Å². The lowest BCUT2D eigenvalue weighted by Crippen LogP contribution is -2.14. The molecule has 0 bridgehead atoms. The van der Waals surface area contributed by atoms with Gasteiger partial charge in [-0.1, -0.05) is 49.1 Å². The Bertz CT molecular complexity index is 1140. The van der Waals surface area contributed by atoms with Gasteiger partial charge in [0.05, 0.1) is 16.0 Å². The third kappa shape index (κ3) is 4.28. The van der Waals surface area contributed by atoms with E-state index in [2.05, 4.69) is 51.2 Å². The van der Waals surface area contributed by atoms with Gasteiger partial charge in [0.15, 0.2) is 16.1 Å². The van der Waals surface area contributed by atoms with Crippen molar-refractivity contribution in [2.45, 2.75) is 45.3 Å². The molecule has 0 atom stereocenters. The van der Waals surface area contributed by atoms with Gasteiger partial charge in [-0.15, -0.1) is 21.5 Å². The highest BCUT2D eigenvalue weighted by atomic mass is 32.2. The van der Waals surface area contributed by atoms with Crippen LogP contribution in [0.15, 0.2) is 34.8 Å². The lowest BCUT2D eigenvalue weighted by molar-refractivity contribution is -0.113. The lowest BCUT2D eigenvalue weighted by Gasteiger charge is -2.09. The number of carbonyl (C=O) groups excluding carboxylic acids is 1. The van der Waals surface area contributed by atoms with Gasteiger partial charge in [0.2, 0.25) is 5.91 Å². The summed E-state index contributed by atoms with van der Waals surface area (Å²) in [4.78, 5) is 18.3. The van der Waals surface area contributed by atoms with Crippen molar-refractivity contribution in [3.05, 3.63) is 40.1 Å². The monoisotopic (exact) mass is 457 g/mol. The minimum Gasteiger partial charge on any atom is -0.302 e. The van der Waals surface area contributed by atoms with Crippen molar-refractivity contribution in [1.29, 1.82) is 0 Å². The van der Waals surface area contributed by atoms with Crippen LogP contribution in [0.25, 0.3) is 21.6 Å². The first-order chi connectivity index (χ1) is 14.6. The molecule has 1 amide bonds. The minimum absolute atomic E-state index is 0.0905. The third-order valence-electron chi connectivity index (χ3n) is 4.73. The van der Waals surface area contributed by atoms with Gasteiger partial charge in [-0.2, -0.15) is 0 Å². The molecule has 1 N–H and O–H groups in total. The number of aromatic nitrogens is 4. The molecule has 4 aromatic rings. The number of hydrogen-bond donors (Lipinski definition) is 1. The van der Waals surface area contributed by atoms with Crippen molar-refractivity contribution in [1.82, 2.24) is 19.7 Å². The highest BCUT2D eigenvalue weighted by Gasteiger charge is 2.19. The van der Waals surface area contributed by atoms with E-state index in [1.54, 1.807) is 11.3 Å². The van der Waals surface area contributed by atoms with E-state index in [1.807, 2.05) is 24.3 Å². The summed E-state index contributed by atoms with van der Waals surface area (Å²) in [6.45, 7) is 7.27. The Labute approximate surface area is 187 Å². The van der Waals surface area contributed by atoms with Gasteiger partial charge in [0.1, 0.15) is 0 Å². The van der Waals surface area contributed by atoms with Crippen LogP contribution in [0.4, 0.5) is 5.13 Å². The van der Waals surface area contributed by atoms with Gasteiger partial charge in [0.25, 0.3) is 0 Å². The van der Waals surface area contributed by atoms with E-state index in [-0.39, 0.29) is 11.7 Å². The van der Waals surface area contributed by atoms with Crippen LogP contribution in [0.5, 0.6) is 0 Å². The second kappa shape index (κ2) is 9.28. The van der Waals surface area contributed by atoms with Crippen molar-refractivity contribution >= 4 is 55.7 Å². The first kappa shape index (κ1) is 21.0. The van der Waals surface area contributed by atoms with Crippen LogP contribution < -0.4 is 5.32 Å². The third-order valence-corrected chi connectivity index (χ3v) is 7.61. The van der Waals surface area contributed by atoms with Crippen LogP contribution in [0, 0.1) is 6.92 Å². The lowest BCUT2D eigenvalue weighted by atomic mass is 10.1. The topological polar surface area (TPSA) is 72.7 Å². The van der Waals surface area contributed by atoms with Crippen molar-refractivity contribution < 1.29 is 4.79 Å². The first-order valence-electron chi connectivity index (χ1n) is 9.89. The number of rotatable bonds is 8. The first-order valence-corrected chi connectivity index (χ1v) is 12.6. The zero-order chi connectivity index (χ0) is 21.1. The fourth-order valence-corrected chi connectivity index (χ4v) is 5.92. The van der Waals surface area contributed by atoms with Crippen LogP contribution in [0.2, 0.25) is 0 Å². The highest BCUT2D eigenvalue weighted by Crippen LogP contribution is 2.33. The standard InChI is InChI=1S/C21H23N5OS3/c1-4-10-26-19(15-11-28-13(3)14(15)5-2)24-25-21(26)29-12-18(27)23-20-22-16-8-6-7-9-17(16)30-20/h6-9,11H,4-5,10,12H2,1-3H3,(H,22,23,27). The second-order valence-corrected chi connectivity index (χ2v) is 9.88. The fourth-order valence-electron chi connectivity index (χ4n) is 3.34. The molecule has 1 aromatic carbocycles. The van der Waals surface area contributed by atoms with E-state index in [0.717, 1.165) is 46.1 Å². The fraction of sp³-hybridized carbons (Fsp3) is 0.333. The largest absolute Gasteiger partial charge is 0.302 e. The molecule has 3 heterocycles. The van der Waals surface area contributed by atoms with Gasteiger partial charge in [0, 0.05) is 22.4 Å². The molecule has 0 spiro atoms. The number of amides is 1. The Morgan fingerprint density at radius 2 is 2.07 bits per heavy atom. The number of thiophene rings is 1. The number of thioether (sulfide) groups is 1. The van der Waals surface area contributed by atoms with Crippen LogP contribution in [-0.4, -0.2) is 31.4 Å². The number of nitrogens with zero attached hydrogens (tertiary/aromatic N) is 4. The van der Waals surface area contributed by atoms with E-state index in [9.17, 15) is 4.79 Å². The van der Waals surface area contributed by atoms with Crippen LogP contribution in [-0.2, 0) is 17.8 Å². The maximum atomic E-state index is 12.5. The Kier molecular flexibility index (Phi) is 6.50. The van der Waals surface area contributed by atoms with E-state index < -0.39 is 0 Å². The smallest absolute Gasteiger partial charge is 0.236 e. The number of hydrogen-bond acceptors (Lipinski definition) is 7. The Hall–Kier alpha value is -2.23. The van der Waals surface area contributed by atoms with Crippen molar-refractivity contribution in [3.63, 3.8) is 0 Å². The summed E-state index contributed by atoms with van der Waals surface area (Å²) in [6.07, 6.45) is 1.94. The summed E-state index contributed by atoms with van der Waals surface area (Å²) >= 11 is 4.65. The van der Waals surface area contributed by atoms with Crippen LogP contribution in [0.3, 0.4) is 0 Å². The summed E-state index contributed by atoms with van der Waals surface area (Å²) in [5.41, 5.74) is 3.39. The molecule has 0 aliphatic heterocycles. The van der Waals surface area contributed by atoms with Crippen molar-refractivity contribution in [2.75, 3.05) is 11.1 Å². The van der Waals surface area contributed by atoms with E-state index in [0.29, 0.717) is 5.13 Å². The molecule has 0 saturated heterocycles. The summed E-state index contributed by atoms with van der Waals surface area (Å²) in [7, 11) is 0. The molecule has 6 nitrogen and oxygen atoms in total. The normalized spacial score (nSPS) is 11.3. The van der Waals surface area contributed by atoms with Gasteiger partial charge in [-0.05, 0) is 37.5 Å². The number of benzene rings is 1. The number of para-hydroxylation sites is 1. The molecule has 30 heavy (non-hydrogen) atoms. The molecule has 0 fully saturated rings. The average molecular weight is 458 g/mol. The van der Waals surface area contributed by atoms with Crippen LogP contribution >= 0.6 is 34.4 Å². The Morgan fingerprint density at radius 1 is 1.23 bits per heavy atom. The Balaban J connectivity index is 1.48. The number of fused-ring (bicyclic) bond motifs is 1. The van der Waals surface area contributed by atoms with E-state index >= 15 is 0 Å². The highest BCUT2D eigenvalue weighted by molar-refractivity contribution is 7.99. The quantitative estimate of drug-likeness (QED) is 0.347. The zero-order valence-corrected chi connectivity index (χ0v) is 19.6. The van der Waals surface area contributed by atoms with Gasteiger partial charge in [-0.25, -0.2) is 4.98 Å². The maximum absolute atomic E-state index is 12.5. The number of aryl methyl sites for hydroxylation is 1. The molecule has 3 aromatic heterocycles. The van der Waals surface area contributed by atoms with Crippen LogP contribution in [0.1, 0.15) is 30.7 Å².